The first-order chi connectivity index (χ1) is 13.8. The van der Waals surface area contributed by atoms with Crippen LogP contribution in [-0.2, 0) is 6.37 Å². The summed E-state index contributed by atoms with van der Waals surface area (Å²) >= 11 is 0. The lowest BCUT2D eigenvalue weighted by Crippen LogP contribution is -1.89. The van der Waals surface area contributed by atoms with Crippen LogP contribution < -0.4 is 0 Å². The molecule has 0 spiro atoms. The Morgan fingerprint density at radius 1 is 0.955 bits per heavy atom. The molecule has 1 aromatic heterocycles. The molecule has 0 saturated heterocycles. The van der Waals surface area contributed by atoms with Gasteiger partial charge in [-0.2, -0.15) is 0 Å². The van der Waals surface area contributed by atoms with E-state index in [-0.39, 0.29) is 11.1 Å². The van der Waals surface area contributed by atoms with Crippen LogP contribution in [0.3, 0.4) is 0 Å². The van der Waals surface area contributed by atoms with Crippen LogP contribution in [-0.4, -0.2) is 4.98 Å². The molecule has 0 fully saturated rings. The predicted octanol–water partition coefficient (Wildman–Crippen LogP) is 5.59. The molecule has 0 aliphatic rings. The molecule has 1 heteroatoms. The lowest BCUT2D eigenvalue weighted by atomic mass is 9.96. The number of aryl methyl sites for hydroxylation is 3. The van der Waals surface area contributed by atoms with Crippen LogP contribution in [0.1, 0.15) is 34.6 Å². The van der Waals surface area contributed by atoms with Crippen LogP contribution in [0.15, 0.2) is 60.8 Å². The van der Waals surface area contributed by atoms with Crippen molar-refractivity contribution in [3.63, 3.8) is 0 Å². The van der Waals surface area contributed by atoms with E-state index in [1.165, 1.54) is 25.3 Å². The molecule has 1 nitrogen and oxygen atoms in total. The first kappa shape index (κ1) is 7.73. The van der Waals surface area contributed by atoms with E-state index in [9.17, 15) is 0 Å². The van der Waals surface area contributed by atoms with Gasteiger partial charge < -0.3 is 0 Å². The van der Waals surface area contributed by atoms with Gasteiger partial charge in [-0.05, 0) is 60.0 Å². The molecule has 0 saturated carbocycles. The zero-order chi connectivity index (χ0) is 22.3. The highest BCUT2D eigenvalue weighted by molar-refractivity contribution is 5.74. The lowest BCUT2D eigenvalue weighted by Gasteiger charge is -2.10. The van der Waals surface area contributed by atoms with Crippen LogP contribution in [0.2, 0.25) is 0 Å². The number of rotatable bonds is 3. The molecule has 0 amide bonds. The SMILES string of the molecule is [2H]C([2H])([2H])c1ccc(-c2ccc(C([2H])([2H])[2H])c(-c3ccc(C([2H])([2H])C)cc3)c2)nc1. The van der Waals surface area contributed by atoms with Crippen molar-refractivity contribution in [2.75, 3.05) is 0 Å². The van der Waals surface area contributed by atoms with Gasteiger partial charge in [-0.1, -0.05) is 49.4 Å². The zero-order valence-corrected chi connectivity index (χ0v) is 12.2. The van der Waals surface area contributed by atoms with Crippen LogP contribution in [0, 0.1) is 13.7 Å². The van der Waals surface area contributed by atoms with Gasteiger partial charge in [0.1, 0.15) is 0 Å². The molecule has 0 unspecified atom stereocenters. The molecule has 0 bridgehead atoms. The van der Waals surface area contributed by atoms with Gasteiger partial charge in [-0.15, -0.1) is 0 Å². The standard InChI is InChI=1S/C21H21N/c1-4-17-7-10-18(11-8-17)20-13-19(9-6-16(20)3)21-12-5-15(2)14-22-21/h5-14H,4H2,1-3H3/i2D3,3D3,4D2. The van der Waals surface area contributed by atoms with Gasteiger partial charge in [0.05, 0.1) is 5.69 Å². The largest absolute Gasteiger partial charge is 0.256 e. The first-order valence-electron chi connectivity index (χ1n) is 11.0. The second-order valence-electron chi connectivity index (χ2n) is 5.02. The average Bonchev–Trinajstić information content (AvgIpc) is 2.66. The third kappa shape index (κ3) is 2.94. The Kier molecular flexibility index (Phi) is 2.16. The minimum atomic E-state index is -2.33. The maximum absolute atomic E-state index is 7.87. The predicted molar refractivity (Wildman–Crippen MR) is 94.0 cm³/mol. The molecule has 0 aliphatic carbocycles. The number of aromatic nitrogens is 1. The summed E-state index contributed by atoms with van der Waals surface area (Å²) < 4.78 is 61.6. The van der Waals surface area contributed by atoms with Gasteiger partial charge in [0, 0.05) is 22.7 Å². The fourth-order valence-corrected chi connectivity index (χ4v) is 2.32. The molecule has 0 atom stereocenters. The summed E-state index contributed by atoms with van der Waals surface area (Å²) in [6, 6.07) is 14.7. The van der Waals surface area contributed by atoms with Crippen molar-refractivity contribution >= 4 is 0 Å². The Morgan fingerprint density at radius 2 is 1.77 bits per heavy atom. The minimum absolute atomic E-state index is 0.134. The molecule has 1 heterocycles. The van der Waals surface area contributed by atoms with E-state index < -0.39 is 20.1 Å². The smallest absolute Gasteiger partial charge is 0.0702 e. The Morgan fingerprint density at radius 3 is 2.41 bits per heavy atom. The Bertz CT molecular complexity index is 1030. The van der Waals surface area contributed by atoms with E-state index in [4.69, 9.17) is 11.0 Å². The summed E-state index contributed by atoms with van der Waals surface area (Å²) in [5.41, 5.74) is 3.15. The van der Waals surface area contributed by atoms with Crippen molar-refractivity contribution in [3.8, 4) is 22.4 Å². The van der Waals surface area contributed by atoms with Crippen LogP contribution in [0.4, 0.5) is 0 Å². The molecule has 3 aromatic rings. The van der Waals surface area contributed by atoms with Gasteiger partial charge in [-0.25, -0.2) is 0 Å². The third-order valence-electron chi connectivity index (χ3n) is 3.56. The highest BCUT2D eigenvalue weighted by atomic mass is 14.7. The first-order valence-corrected chi connectivity index (χ1v) is 6.99. The maximum atomic E-state index is 7.87. The summed E-state index contributed by atoms with van der Waals surface area (Å²) in [5.74, 6) is 0. The van der Waals surface area contributed by atoms with E-state index in [1.54, 1.807) is 42.5 Å². The average molecular weight is 295 g/mol. The number of hydrogen-bond donors (Lipinski definition) is 0. The van der Waals surface area contributed by atoms with Crippen molar-refractivity contribution in [3.05, 3.63) is 77.5 Å². The van der Waals surface area contributed by atoms with Gasteiger partial charge >= 0.3 is 0 Å². The molecule has 2 aromatic carbocycles. The molecular weight excluding hydrogens is 266 g/mol. The number of pyridine rings is 1. The third-order valence-corrected chi connectivity index (χ3v) is 3.56. The monoisotopic (exact) mass is 295 g/mol. The van der Waals surface area contributed by atoms with Gasteiger partial charge in [-0.3, -0.25) is 4.98 Å². The van der Waals surface area contributed by atoms with Crippen LogP contribution in [0.5, 0.6) is 0 Å². The van der Waals surface area contributed by atoms with Crippen molar-refractivity contribution < 1.29 is 11.0 Å². The van der Waals surface area contributed by atoms with E-state index in [0.717, 1.165) is 0 Å². The zero-order valence-electron chi connectivity index (χ0n) is 20.2. The number of nitrogens with zero attached hydrogens (tertiary/aromatic N) is 1. The lowest BCUT2D eigenvalue weighted by molar-refractivity contribution is 1.14. The molecule has 3 rings (SSSR count). The summed E-state index contributed by atoms with van der Waals surface area (Å²) in [7, 11) is 0. The van der Waals surface area contributed by atoms with Gasteiger partial charge in [0.25, 0.3) is 0 Å². The fraction of sp³-hybridized carbons (Fsp3) is 0.190. The summed E-state index contributed by atoms with van der Waals surface area (Å²) in [5, 5.41) is 0. The molecule has 110 valence electrons. The highest BCUT2D eigenvalue weighted by Gasteiger charge is 2.06. The van der Waals surface area contributed by atoms with E-state index in [2.05, 4.69) is 4.98 Å². The van der Waals surface area contributed by atoms with Crippen molar-refractivity contribution in [1.82, 2.24) is 4.98 Å². The Balaban J connectivity index is 2.09. The highest BCUT2D eigenvalue weighted by Crippen LogP contribution is 2.29. The molecule has 0 radical (unpaired) electrons. The maximum Gasteiger partial charge on any atom is 0.0702 e. The van der Waals surface area contributed by atoms with Crippen molar-refractivity contribution in [2.45, 2.75) is 27.0 Å². The topological polar surface area (TPSA) is 12.9 Å². The molecular formula is C21H21N. The number of benzene rings is 2. The van der Waals surface area contributed by atoms with Crippen LogP contribution in [0.25, 0.3) is 22.4 Å². The van der Waals surface area contributed by atoms with Gasteiger partial charge in [0.2, 0.25) is 0 Å². The van der Waals surface area contributed by atoms with Crippen molar-refractivity contribution in [1.29, 1.82) is 0 Å². The molecule has 22 heavy (non-hydrogen) atoms. The summed E-state index contributed by atoms with van der Waals surface area (Å²) in [6.45, 7) is -3.11. The van der Waals surface area contributed by atoms with E-state index >= 15 is 0 Å². The second kappa shape index (κ2) is 6.15. The fourth-order valence-electron chi connectivity index (χ4n) is 2.32. The van der Waals surface area contributed by atoms with Gasteiger partial charge in [0.15, 0.2) is 0 Å². The molecule has 0 aliphatic heterocycles. The minimum Gasteiger partial charge on any atom is -0.256 e. The Hall–Kier alpha value is -2.41. The van der Waals surface area contributed by atoms with Crippen molar-refractivity contribution in [2.24, 2.45) is 0 Å². The number of hydrogen-bond acceptors (Lipinski definition) is 1. The normalized spacial score (nSPS) is 17.9. The summed E-state index contributed by atoms with van der Waals surface area (Å²) in [4.78, 5) is 4.24. The van der Waals surface area contributed by atoms with E-state index in [0.29, 0.717) is 27.9 Å². The quantitative estimate of drug-likeness (QED) is 0.613. The van der Waals surface area contributed by atoms with Crippen LogP contribution >= 0.6 is 0 Å². The molecule has 0 N–H and O–H groups in total. The van der Waals surface area contributed by atoms with E-state index in [1.807, 2.05) is 0 Å². The Labute approximate surface area is 143 Å². The second-order valence-corrected chi connectivity index (χ2v) is 5.02. The summed E-state index contributed by atoms with van der Waals surface area (Å²) in [6.07, 6.45) is -0.195.